The molecular weight excluding hydrogens is 228 g/mol. The third-order valence-corrected chi connectivity index (χ3v) is 2.75. The number of nitrogens with zero attached hydrogens (tertiary/aromatic N) is 2. The molecule has 0 bridgehead atoms. The standard InChI is InChI=1S/C9H6N4O2S/c10-8-7(12-16-13-8)4-1-2-6-5(3-4)11-9(14)15-6/h1-3H,(H2,10,13)(H,11,14). The summed E-state index contributed by atoms with van der Waals surface area (Å²) in [6.07, 6.45) is 0. The maximum atomic E-state index is 11.0. The second kappa shape index (κ2) is 3.17. The topological polar surface area (TPSA) is 97.8 Å². The van der Waals surface area contributed by atoms with Gasteiger partial charge >= 0.3 is 5.76 Å². The van der Waals surface area contributed by atoms with E-state index in [1.165, 1.54) is 0 Å². The monoisotopic (exact) mass is 234 g/mol. The van der Waals surface area contributed by atoms with E-state index in [0.29, 0.717) is 22.6 Å². The summed E-state index contributed by atoms with van der Waals surface area (Å²) < 4.78 is 12.9. The first-order chi connectivity index (χ1) is 7.74. The number of anilines is 1. The van der Waals surface area contributed by atoms with Gasteiger partial charge in [-0.25, -0.2) is 4.79 Å². The normalized spacial score (nSPS) is 11.0. The van der Waals surface area contributed by atoms with Gasteiger partial charge in [-0.3, -0.25) is 4.98 Å². The van der Waals surface area contributed by atoms with Gasteiger partial charge in [0.1, 0.15) is 5.69 Å². The summed E-state index contributed by atoms with van der Waals surface area (Å²) in [5.41, 5.74) is 8.21. The fourth-order valence-corrected chi connectivity index (χ4v) is 1.99. The van der Waals surface area contributed by atoms with E-state index in [-0.39, 0.29) is 0 Å². The number of hydrogen-bond acceptors (Lipinski definition) is 6. The molecular formula is C9H6N4O2S. The average Bonchev–Trinajstić information content (AvgIpc) is 2.81. The van der Waals surface area contributed by atoms with E-state index in [9.17, 15) is 4.79 Å². The fraction of sp³-hybridized carbons (Fsp3) is 0. The lowest BCUT2D eigenvalue weighted by atomic mass is 10.1. The first-order valence-electron chi connectivity index (χ1n) is 4.45. The van der Waals surface area contributed by atoms with Crippen LogP contribution < -0.4 is 11.5 Å². The molecule has 0 saturated carbocycles. The summed E-state index contributed by atoms with van der Waals surface area (Å²) in [6, 6.07) is 5.24. The third kappa shape index (κ3) is 1.29. The van der Waals surface area contributed by atoms with Gasteiger partial charge in [-0.05, 0) is 18.2 Å². The van der Waals surface area contributed by atoms with Gasteiger partial charge in [0.25, 0.3) is 0 Å². The van der Waals surface area contributed by atoms with Crippen molar-refractivity contribution >= 4 is 28.6 Å². The van der Waals surface area contributed by atoms with Crippen molar-refractivity contribution in [1.82, 2.24) is 13.7 Å². The van der Waals surface area contributed by atoms with Crippen molar-refractivity contribution in [1.29, 1.82) is 0 Å². The average molecular weight is 234 g/mol. The summed E-state index contributed by atoms with van der Waals surface area (Å²) in [7, 11) is 0. The highest BCUT2D eigenvalue weighted by Gasteiger charge is 2.09. The number of nitrogens with one attached hydrogen (secondary N) is 1. The lowest BCUT2D eigenvalue weighted by Crippen LogP contribution is -1.93. The van der Waals surface area contributed by atoms with Crippen LogP contribution in [0.15, 0.2) is 27.4 Å². The molecule has 0 spiro atoms. The summed E-state index contributed by atoms with van der Waals surface area (Å²) in [5, 5.41) is 0. The SMILES string of the molecule is Nc1nsnc1-c1ccc2oc(=O)[nH]c2c1. The first-order valence-corrected chi connectivity index (χ1v) is 5.18. The van der Waals surface area contributed by atoms with Gasteiger partial charge < -0.3 is 10.2 Å². The molecule has 80 valence electrons. The molecule has 0 amide bonds. The first kappa shape index (κ1) is 9.10. The molecule has 3 rings (SSSR count). The van der Waals surface area contributed by atoms with Gasteiger partial charge in [-0.15, -0.1) is 0 Å². The van der Waals surface area contributed by atoms with Crippen molar-refractivity contribution in [3.8, 4) is 11.3 Å². The van der Waals surface area contributed by atoms with Crippen LogP contribution in [0.3, 0.4) is 0 Å². The zero-order chi connectivity index (χ0) is 11.1. The quantitative estimate of drug-likeness (QED) is 0.659. The van der Waals surface area contributed by atoms with Crippen molar-refractivity contribution in [3.63, 3.8) is 0 Å². The molecule has 7 heteroatoms. The molecule has 0 fully saturated rings. The number of aromatic nitrogens is 3. The lowest BCUT2D eigenvalue weighted by Gasteiger charge is -1.96. The van der Waals surface area contributed by atoms with Crippen molar-refractivity contribution < 1.29 is 4.42 Å². The van der Waals surface area contributed by atoms with Crippen LogP contribution in [0.4, 0.5) is 5.82 Å². The predicted molar refractivity (Wildman–Crippen MR) is 60.2 cm³/mol. The molecule has 0 saturated heterocycles. The minimum absolute atomic E-state index is 0.384. The smallest absolute Gasteiger partial charge is 0.408 e. The minimum atomic E-state index is -0.475. The maximum absolute atomic E-state index is 11.0. The van der Waals surface area contributed by atoms with Gasteiger partial charge in [-0.1, -0.05) is 0 Å². The molecule has 1 aromatic carbocycles. The second-order valence-corrected chi connectivity index (χ2v) is 3.75. The molecule has 3 N–H and O–H groups in total. The van der Waals surface area contributed by atoms with Gasteiger partial charge in [0, 0.05) is 5.56 Å². The van der Waals surface area contributed by atoms with Crippen LogP contribution in [-0.2, 0) is 0 Å². The highest BCUT2D eigenvalue weighted by molar-refractivity contribution is 6.99. The largest absolute Gasteiger partial charge is 0.417 e. The Morgan fingerprint density at radius 1 is 1.38 bits per heavy atom. The molecule has 0 atom stereocenters. The van der Waals surface area contributed by atoms with E-state index in [1.54, 1.807) is 18.2 Å². The molecule has 0 aliphatic heterocycles. The summed E-state index contributed by atoms with van der Waals surface area (Å²) in [4.78, 5) is 13.6. The van der Waals surface area contributed by atoms with E-state index in [4.69, 9.17) is 10.2 Å². The molecule has 3 aromatic rings. The van der Waals surface area contributed by atoms with E-state index >= 15 is 0 Å². The molecule has 2 heterocycles. The Labute approximate surface area is 93.0 Å². The van der Waals surface area contributed by atoms with Crippen LogP contribution in [0.1, 0.15) is 0 Å². The Bertz CT molecular complexity index is 711. The van der Waals surface area contributed by atoms with Crippen LogP contribution in [0.25, 0.3) is 22.4 Å². The highest BCUT2D eigenvalue weighted by Crippen LogP contribution is 2.25. The molecule has 6 nitrogen and oxygen atoms in total. The number of fused-ring (bicyclic) bond motifs is 1. The molecule has 0 aliphatic rings. The molecule has 2 aromatic heterocycles. The van der Waals surface area contributed by atoms with Gasteiger partial charge in [-0.2, -0.15) is 8.75 Å². The molecule has 16 heavy (non-hydrogen) atoms. The van der Waals surface area contributed by atoms with Crippen LogP contribution in [0.2, 0.25) is 0 Å². The summed E-state index contributed by atoms with van der Waals surface area (Å²) in [5.74, 6) is -0.0910. The number of nitrogen functional groups attached to an aromatic ring is 1. The summed E-state index contributed by atoms with van der Waals surface area (Å²) >= 11 is 1.05. The van der Waals surface area contributed by atoms with E-state index in [1.807, 2.05) is 0 Å². The van der Waals surface area contributed by atoms with Crippen molar-refractivity contribution in [2.45, 2.75) is 0 Å². The molecule has 0 aliphatic carbocycles. The van der Waals surface area contributed by atoms with E-state index in [2.05, 4.69) is 13.7 Å². The van der Waals surface area contributed by atoms with Gasteiger partial charge in [0.15, 0.2) is 11.4 Å². The zero-order valence-corrected chi connectivity index (χ0v) is 8.75. The Hall–Kier alpha value is -2.15. The third-order valence-electron chi connectivity index (χ3n) is 2.21. The van der Waals surface area contributed by atoms with Crippen LogP contribution in [-0.4, -0.2) is 13.7 Å². The zero-order valence-electron chi connectivity index (χ0n) is 7.93. The molecule has 0 unspecified atom stereocenters. The van der Waals surface area contributed by atoms with Crippen LogP contribution >= 0.6 is 11.7 Å². The number of benzene rings is 1. The Morgan fingerprint density at radius 2 is 2.25 bits per heavy atom. The number of hydrogen-bond donors (Lipinski definition) is 2. The van der Waals surface area contributed by atoms with Gasteiger partial charge in [0.05, 0.1) is 17.2 Å². The number of rotatable bonds is 1. The Balaban J connectivity index is 2.26. The molecule has 0 radical (unpaired) electrons. The lowest BCUT2D eigenvalue weighted by molar-refractivity contribution is 0.555. The van der Waals surface area contributed by atoms with E-state index in [0.717, 1.165) is 17.3 Å². The van der Waals surface area contributed by atoms with Crippen LogP contribution in [0, 0.1) is 0 Å². The second-order valence-electron chi connectivity index (χ2n) is 3.22. The number of aromatic amines is 1. The number of nitrogens with two attached hydrogens (primary N) is 1. The highest BCUT2D eigenvalue weighted by atomic mass is 32.1. The Kier molecular flexibility index (Phi) is 1.80. The van der Waals surface area contributed by atoms with Crippen LogP contribution in [0.5, 0.6) is 0 Å². The van der Waals surface area contributed by atoms with Crippen molar-refractivity contribution in [3.05, 3.63) is 28.7 Å². The minimum Gasteiger partial charge on any atom is -0.408 e. The predicted octanol–water partition coefficient (Wildman–Crippen LogP) is 1.22. The van der Waals surface area contributed by atoms with Crippen molar-refractivity contribution in [2.75, 3.05) is 5.73 Å². The fourth-order valence-electron chi connectivity index (χ4n) is 1.50. The summed E-state index contributed by atoms with van der Waals surface area (Å²) in [6.45, 7) is 0. The van der Waals surface area contributed by atoms with E-state index < -0.39 is 5.76 Å². The van der Waals surface area contributed by atoms with Gasteiger partial charge in [0.2, 0.25) is 0 Å². The Morgan fingerprint density at radius 3 is 3.00 bits per heavy atom. The number of H-pyrrole nitrogens is 1. The van der Waals surface area contributed by atoms with Crippen molar-refractivity contribution in [2.24, 2.45) is 0 Å². The number of oxazole rings is 1. The maximum Gasteiger partial charge on any atom is 0.417 e.